The lowest BCUT2D eigenvalue weighted by atomic mass is 10.3. The first-order chi connectivity index (χ1) is 8.69. The zero-order valence-electron chi connectivity index (χ0n) is 9.72. The maximum Gasteiger partial charge on any atom is 0.269 e. The summed E-state index contributed by atoms with van der Waals surface area (Å²) in [7, 11) is 0. The van der Waals surface area contributed by atoms with Crippen molar-refractivity contribution in [3.05, 3.63) is 29.6 Å². The number of nitrogens with zero attached hydrogens (tertiary/aromatic N) is 1. The second-order valence-corrected chi connectivity index (χ2v) is 3.37. The molecule has 0 fully saturated rings. The molecular weight excluding hydrogens is 240 g/mol. The number of nitrogens with one attached hydrogen (secondary N) is 2. The lowest BCUT2D eigenvalue weighted by Crippen LogP contribution is -2.30. The van der Waals surface area contributed by atoms with Crippen LogP contribution in [0.4, 0.5) is 0 Å². The minimum atomic E-state index is -0.458. The number of aliphatic hydroxyl groups is 2. The normalized spacial score (nSPS) is 9.89. The van der Waals surface area contributed by atoms with Crippen molar-refractivity contribution < 1.29 is 19.8 Å². The summed E-state index contributed by atoms with van der Waals surface area (Å²) in [4.78, 5) is 27.0. The Hall–Kier alpha value is -1.99. The predicted molar refractivity (Wildman–Crippen MR) is 63.1 cm³/mol. The average Bonchev–Trinajstić information content (AvgIpc) is 2.42. The zero-order valence-corrected chi connectivity index (χ0v) is 9.72. The molecule has 0 unspecified atom stereocenters. The molecule has 1 aromatic heterocycles. The molecule has 0 saturated carbocycles. The molecule has 0 aliphatic heterocycles. The Morgan fingerprint density at radius 3 is 1.83 bits per heavy atom. The molecular formula is C11H15N3O4. The molecule has 7 heteroatoms. The van der Waals surface area contributed by atoms with Crippen LogP contribution in [0.1, 0.15) is 21.0 Å². The Balaban J connectivity index is 2.72. The topological polar surface area (TPSA) is 112 Å². The maximum absolute atomic E-state index is 11.5. The number of pyridine rings is 1. The van der Waals surface area contributed by atoms with Crippen molar-refractivity contribution in [3.8, 4) is 0 Å². The van der Waals surface area contributed by atoms with Crippen LogP contribution < -0.4 is 10.6 Å². The number of carbonyl (C=O) groups is 2. The van der Waals surface area contributed by atoms with E-state index in [1.165, 1.54) is 18.2 Å². The number of carbonyl (C=O) groups excluding carboxylic acids is 2. The van der Waals surface area contributed by atoms with E-state index >= 15 is 0 Å². The molecule has 2 amide bonds. The molecule has 0 aliphatic carbocycles. The van der Waals surface area contributed by atoms with Gasteiger partial charge in [-0.1, -0.05) is 6.07 Å². The molecule has 18 heavy (non-hydrogen) atoms. The lowest BCUT2D eigenvalue weighted by Gasteiger charge is -2.05. The fourth-order valence-corrected chi connectivity index (χ4v) is 1.21. The van der Waals surface area contributed by atoms with Gasteiger partial charge in [-0.05, 0) is 12.1 Å². The van der Waals surface area contributed by atoms with Gasteiger partial charge in [0.2, 0.25) is 0 Å². The van der Waals surface area contributed by atoms with Gasteiger partial charge in [0.25, 0.3) is 11.8 Å². The molecule has 1 heterocycles. The minimum absolute atomic E-state index is 0.0973. The molecule has 0 radical (unpaired) electrons. The van der Waals surface area contributed by atoms with Crippen molar-refractivity contribution in [2.75, 3.05) is 26.3 Å². The molecule has 98 valence electrons. The van der Waals surface area contributed by atoms with E-state index in [4.69, 9.17) is 10.2 Å². The fourth-order valence-electron chi connectivity index (χ4n) is 1.21. The van der Waals surface area contributed by atoms with Crippen LogP contribution in [0.15, 0.2) is 18.2 Å². The monoisotopic (exact) mass is 255 g/mol. The smallest absolute Gasteiger partial charge is 0.269 e. The minimum Gasteiger partial charge on any atom is -0.395 e. The van der Waals surface area contributed by atoms with Gasteiger partial charge < -0.3 is 20.8 Å². The highest BCUT2D eigenvalue weighted by Crippen LogP contribution is 1.99. The number of rotatable bonds is 6. The first kappa shape index (κ1) is 14.1. The Morgan fingerprint density at radius 1 is 1.00 bits per heavy atom. The first-order valence-corrected chi connectivity index (χ1v) is 5.44. The van der Waals surface area contributed by atoms with Gasteiger partial charge in [-0.2, -0.15) is 0 Å². The number of aromatic nitrogens is 1. The van der Waals surface area contributed by atoms with E-state index in [0.717, 1.165) is 0 Å². The van der Waals surface area contributed by atoms with Crippen LogP contribution >= 0.6 is 0 Å². The van der Waals surface area contributed by atoms with E-state index in [1.807, 2.05) is 0 Å². The van der Waals surface area contributed by atoms with Crippen molar-refractivity contribution in [2.24, 2.45) is 0 Å². The third-order valence-electron chi connectivity index (χ3n) is 2.01. The number of hydrogen-bond acceptors (Lipinski definition) is 5. The van der Waals surface area contributed by atoms with E-state index in [2.05, 4.69) is 15.6 Å². The van der Waals surface area contributed by atoms with Gasteiger partial charge >= 0.3 is 0 Å². The molecule has 1 rings (SSSR count). The first-order valence-electron chi connectivity index (χ1n) is 5.44. The summed E-state index contributed by atoms with van der Waals surface area (Å²) < 4.78 is 0. The van der Waals surface area contributed by atoms with Gasteiger partial charge in [0.05, 0.1) is 13.2 Å². The summed E-state index contributed by atoms with van der Waals surface area (Å²) in [5.41, 5.74) is 0.195. The number of amides is 2. The van der Waals surface area contributed by atoms with Crippen LogP contribution in [-0.4, -0.2) is 53.3 Å². The van der Waals surface area contributed by atoms with Crippen molar-refractivity contribution in [1.82, 2.24) is 15.6 Å². The zero-order chi connectivity index (χ0) is 13.4. The summed E-state index contributed by atoms with van der Waals surface area (Å²) in [6.45, 7) is -0.0757. The molecule has 4 N–H and O–H groups in total. The van der Waals surface area contributed by atoms with Crippen molar-refractivity contribution in [1.29, 1.82) is 0 Å². The molecule has 0 aliphatic rings. The van der Waals surface area contributed by atoms with Crippen LogP contribution in [-0.2, 0) is 0 Å². The second-order valence-electron chi connectivity index (χ2n) is 3.37. The number of aliphatic hydroxyl groups excluding tert-OH is 2. The SMILES string of the molecule is O=C([15NH]CCO)c1cccc(C(=O)[15NH]CCO)n1. The predicted octanol–water partition coefficient (Wildman–Crippen LogP) is -1.47. The van der Waals surface area contributed by atoms with Gasteiger partial charge in [0.15, 0.2) is 0 Å². The van der Waals surface area contributed by atoms with Gasteiger partial charge in [0.1, 0.15) is 11.4 Å². The quantitative estimate of drug-likeness (QED) is 0.463. The molecule has 0 aromatic carbocycles. The van der Waals surface area contributed by atoms with Crippen LogP contribution in [0, 0.1) is 0 Å². The third kappa shape index (κ3) is 4.11. The highest BCUT2D eigenvalue weighted by molar-refractivity contribution is 5.96. The summed E-state index contributed by atoms with van der Waals surface area (Å²) >= 11 is 0. The molecule has 7 nitrogen and oxygen atoms in total. The van der Waals surface area contributed by atoms with Gasteiger partial charge in [0, 0.05) is 13.1 Å². The van der Waals surface area contributed by atoms with E-state index in [9.17, 15) is 9.59 Å². The van der Waals surface area contributed by atoms with Crippen LogP contribution in [0.5, 0.6) is 0 Å². The van der Waals surface area contributed by atoms with Gasteiger partial charge in [-0.25, -0.2) is 4.98 Å². The average molecular weight is 255 g/mol. The highest BCUT2D eigenvalue weighted by atomic mass is 16.3. The Labute approximate surface area is 104 Å². The Morgan fingerprint density at radius 2 is 1.44 bits per heavy atom. The van der Waals surface area contributed by atoms with E-state index < -0.39 is 11.8 Å². The van der Waals surface area contributed by atoms with Crippen molar-refractivity contribution in [3.63, 3.8) is 0 Å². The van der Waals surface area contributed by atoms with Crippen LogP contribution in [0.3, 0.4) is 0 Å². The van der Waals surface area contributed by atoms with Crippen LogP contribution in [0.2, 0.25) is 0 Å². The third-order valence-corrected chi connectivity index (χ3v) is 2.01. The van der Waals surface area contributed by atoms with E-state index in [1.54, 1.807) is 0 Å². The summed E-state index contributed by atoms with van der Waals surface area (Å²) in [5, 5.41) is 22.0. The Kier molecular flexibility index (Phi) is 5.75. The standard InChI is InChI=1S/C11H15N3O4/c15-6-4-12-10(17)8-2-1-3-9(14-8)11(18)13-5-7-16/h1-3,15-16H,4-7H2,(H,12,17)(H,13,18)/i12+1,13+1. The maximum atomic E-state index is 11.5. The second kappa shape index (κ2) is 7.36. The van der Waals surface area contributed by atoms with E-state index in [-0.39, 0.29) is 37.7 Å². The molecule has 1 aromatic rings. The highest BCUT2D eigenvalue weighted by Gasteiger charge is 2.11. The largest absolute Gasteiger partial charge is 0.395 e. The van der Waals surface area contributed by atoms with Crippen LogP contribution in [0.25, 0.3) is 0 Å². The molecule has 0 saturated heterocycles. The molecule has 0 bridgehead atoms. The van der Waals surface area contributed by atoms with Gasteiger partial charge in [-0.3, -0.25) is 9.59 Å². The fraction of sp³-hybridized carbons (Fsp3) is 0.364. The van der Waals surface area contributed by atoms with Crippen molar-refractivity contribution >= 4 is 11.8 Å². The lowest BCUT2D eigenvalue weighted by molar-refractivity contribution is 0.0934. The summed E-state index contributed by atoms with van der Waals surface area (Å²) in [6, 6.07) is 4.47. The summed E-state index contributed by atoms with van der Waals surface area (Å²) in [6.07, 6.45) is 0. The summed E-state index contributed by atoms with van der Waals surface area (Å²) in [5.74, 6) is -0.915. The van der Waals surface area contributed by atoms with Crippen molar-refractivity contribution in [2.45, 2.75) is 0 Å². The van der Waals surface area contributed by atoms with Gasteiger partial charge in [-0.15, -0.1) is 0 Å². The Bertz CT molecular complexity index is 387. The molecule has 0 atom stereocenters. The van der Waals surface area contributed by atoms with E-state index in [0.29, 0.717) is 0 Å². The molecule has 0 spiro atoms. The number of hydrogen-bond donors (Lipinski definition) is 4.